The third-order valence-corrected chi connectivity index (χ3v) is 4.42. The minimum atomic E-state index is -0.621. The number of benzene rings is 2. The molecule has 2 aromatic rings. The number of aliphatic hydroxyl groups excluding tert-OH is 1. The summed E-state index contributed by atoms with van der Waals surface area (Å²) in [5.41, 5.74) is 2.09. The van der Waals surface area contributed by atoms with Crippen molar-refractivity contribution >= 4 is 0 Å². The summed E-state index contributed by atoms with van der Waals surface area (Å²) >= 11 is 0. The number of aryl methyl sites for hydroxylation is 1. The summed E-state index contributed by atoms with van der Waals surface area (Å²) in [5.74, 6) is 2.27. The third-order valence-electron chi connectivity index (χ3n) is 4.42. The largest absolute Gasteiger partial charge is 0.497 e. The maximum absolute atomic E-state index is 10.5. The molecule has 154 valence electrons. The van der Waals surface area contributed by atoms with E-state index in [9.17, 15) is 5.11 Å². The van der Waals surface area contributed by atoms with Crippen molar-refractivity contribution in [3.8, 4) is 17.2 Å². The summed E-state index contributed by atoms with van der Waals surface area (Å²) < 4.78 is 21.7. The lowest BCUT2D eigenvalue weighted by Crippen LogP contribution is -2.37. The lowest BCUT2D eigenvalue weighted by molar-refractivity contribution is 0.0540. The Labute approximate surface area is 167 Å². The summed E-state index contributed by atoms with van der Waals surface area (Å²) in [7, 11) is 4.94. The molecule has 0 aliphatic carbocycles. The van der Waals surface area contributed by atoms with Gasteiger partial charge in [0.05, 0.1) is 20.8 Å². The Balaban J connectivity index is 1.99. The van der Waals surface area contributed by atoms with Gasteiger partial charge in [-0.2, -0.15) is 0 Å². The van der Waals surface area contributed by atoms with E-state index in [1.807, 2.05) is 49.4 Å². The zero-order chi connectivity index (χ0) is 20.4. The number of nitrogens with zero attached hydrogens (tertiary/aromatic N) is 1. The molecule has 0 aliphatic heterocycles. The van der Waals surface area contributed by atoms with Gasteiger partial charge >= 0.3 is 0 Å². The minimum absolute atomic E-state index is 0.232. The Bertz CT molecular complexity index is 700. The van der Waals surface area contributed by atoms with Crippen molar-refractivity contribution in [1.29, 1.82) is 0 Å². The first-order chi connectivity index (χ1) is 13.5. The Kier molecular flexibility index (Phi) is 9.07. The Hall–Kier alpha value is -2.28. The van der Waals surface area contributed by atoms with Crippen molar-refractivity contribution in [2.45, 2.75) is 19.6 Å². The molecule has 2 rings (SSSR count). The van der Waals surface area contributed by atoms with Crippen LogP contribution in [0.2, 0.25) is 0 Å². The van der Waals surface area contributed by atoms with Crippen molar-refractivity contribution in [1.82, 2.24) is 4.90 Å². The molecule has 0 spiro atoms. The standard InChI is InChI=1S/C22H31NO5/c1-17-7-5-6-8-22(17)28-16-19(24)15-23(9-10-25-2)14-18-11-20(26-3)13-21(12-18)27-4/h5-8,11-13,19,24H,9-10,14-16H2,1-4H3/t19-/m0/s1. The molecule has 0 fully saturated rings. The van der Waals surface area contributed by atoms with Gasteiger partial charge in [-0.15, -0.1) is 0 Å². The van der Waals surface area contributed by atoms with Gasteiger partial charge in [-0.1, -0.05) is 18.2 Å². The number of rotatable bonds is 12. The van der Waals surface area contributed by atoms with Gasteiger partial charge in [-0.05, 0) is 36.2 Å². The van der Waals surface area contributed by atoms with Gasteiger partial charge < -0.3 is 24.1 Å². The van der Waals surface area contributed by atoms with E-state index in [2.05, 4.69) is 4.90 Å². The molecule has 0 saturated carbocycles. The van der Waals surface area contributed by atoms with Crippen molar-refractivity contribution in [2.24, 2.45) is 0 Å². The molecule has 2 aromatic carbocycles. The Morgan fingerprint density at radius 2 is 1.68 bits per heavy atom. The first-order valence-corrected chi connectivity index (χ1v) is 9.35. The van der Waals surface area contributed by atoms with Gasteiger partial charge in [-0.3, -0.25) is 4.90 Å². The van der Waals surface area contributed by atoms with Crippen LogP contribution in [0, 0.1) is 6.92 Å². The maximum Gasteiger partial charge on any atom is 0.122 e. The van der Waals surface area contributed by atoms with E-state index in [0.717, 1.165) is 28.4 Å². The highest BCUT2D eigenvalue weighted by Gasteiger charge is 2.15. The summed E-state index contributed by atoms with van der Waals surface area (Å²) in [6.07, 6.45) is -0.621. The van der Waals surface area contributed by atoms with Gasteiger partial charge in [-0.25, -0.2) is 0 Å². The average Bonchev–Trinajstić information content (AvgIpc) is 2.71. The predicted octanol–water partition coefficient (Wildman–Crippen LogP) is 2.90. The van der Waals surface area contributed by atoms with Crippen LogP contribution in [-0.4, -0.2) is 63.7 Å². The first kappa shape index (κ1) is 22.0. The molecule has 1 N–H and O–H groups in total. The van der Waals surface area contributed by atoms with Crippen molar-refractivity contribution < 1.29 is 24.1 Å². The van der Waals surface area contributed by atoms with Gasteiger partial charge in [0.15, 0.2) is 0 Å². The molecule has 0 amide bonds. The van der Waals surface area contributed by atoms with Gasteiger partial charge in [0.25, 0.3) is 0 Å². The quantitative estimate of drug-likeness (QED) is 0.602. The zero-order valence-electron chi connectivity index (χ0n) is 17.2. The maximum atomic E-state index is 10.5. The van der Waals surface area contributed by atoms with E-state index in [-0.39, 0.29) is 6.61 Å². The van der Waals surface area contributed by atoms with Crippen LogP contribution >= 0.6 is 0 Å². The van der Waals surface area contributed by atoms with Crippen LogP contribution in [0.5, 0.6) is 17.2 Å². The van der Waals surface area contributed by atoms with E-state index in [1.165, 1.54) is 0 Å². The van der Waals surface area contributed by atoms with Crippen LogP contribution in [0.3, 0.4) is 0 Å². The number of hydrogen-bond donors (Lipinski definition) is 1. The smallest absolute Gasteiger partial charge is 0.122 e. The molecule has 0 unspecified atom stereocenters. The second kappa shape index (κ2) is 11.5. The molecule has 28 heavy (non-hydrogen) atoms. The van der Waals surface area contributed by atoms with E-state index >= 15 is 0 Å². The summed E-state index contributed by atoms with van der Waals surface area (Å²) in [4.78, 5) is 2.13. The predicted molar refractivity (Wildman–Crippen MR) is 109 cm³/mol. The molecular formula is C22H31NO5. The molecule has 1 atom stereocenters. The number of aliphatic hydroxyl groups is 1. The molecule has 0 bridgehead atoms. The van der Waals surface area contributed by atoms with Gasteiger partial charge in [0.2, 0.25) is 0 Å². The molecular weight excluding hydrogens is 358 g/mol. The van der Waals surface area contributed by atoms with E-state index < -0.39 is 6.10 Å². The number of hydrogen-bond acceptors (Lipinski definition) is 6. The highest BCUT2D eigenvalue weighted by molar-refractivity contribution is 5.38. The molecule has 0 radical (unpaired) electrons. The summed E-state index contributed by atoms with van der Waals surface area (Å²) in [6, 6.07) is 13.6. The third kappa shape index (κ3) is 7.03. The van der Waals surface area contributed by atoms with Gasteiger partial charge in [0.1, 0.15) is 30.0 Å². The van der Waals surface area contributed by atoms with E-state index in [4.69, 9.17) is 18.9 Å². The van der Waals surface area contributed by atoms with Gasteiger partial charge in [0, 0.05) is 32.8 Å². The summed E-state index contributed by atoms with van der Waals surface area (Å²) in [6.45, 7) is 4.59. The second-order valence-electron chi connectivity index (χ2n) is 6.68. The highest BCUT2D eigenvalue weighted by atomic mass is 16.5. The van der Waals surface area contributed by atoms with Crippen molar-refractivity contribution in [3.63, 3.8) is 0 Å². The van der Waals surface area contributed by atoms with E-state index in [1.54, 1.807) is 21.3 Å². The van der Waals surface area contributed by atoms with Crippen LogP contribution in [0.25, 0.3) is 0 Å². The first-order valence-electron chi connectivity index (χ1n) is 9.35. The van der Waals surface area contributed by atoms with Crippen molar-refractivity contribution in [2.75, 3.05) is 47.6 Å². The fourth-order valence-corrected chi connectivity index (χ4v) is 2.93. The average molecular weight is 389 g/mol. The van der Waals surface area contributed by atoms with Crippen LogP contribution in [0.4, 0.5) is 0 Å². The summed E-state index contributed by atoms with van der Waals surface area (Å²) in [5, 5.41) is 10.5. The normalized spacial score (nSPS) is 12.1. The monoisotopic (exact) mass is 389 g/mol. The number of methoxy groups -OCH3 is 3. The molecule has 0 heterocycles. The molecule has 6 nitrogen and oxygen atoms in total. The lowest BCUT2D eigenvalue weighted by atomic mass is 10.1. The Morgan fingerprint density at radius 3 is 2.29 bits per heavy atom. The number of para-hydroxylation sites is 1. The SMILES string of the molecule is COCCN(Cc1cc(OC)cc(OC)c1)C[C@H](O)COc1ccccc1C. The molecule has 0 aliphatic rings. The fourth-order valence-electron chi connectivity index (χ4n) is 2.93. The molecule has 0 aromatic heterocycles. The second-order valence-corrected chi connectivity index (χ2v) is 6.68. The lowest BCUT2D eigenvalue weighted by Gasteiger charge is -2.25. The molecule has 0 saturated heterocycles. The Morgan fingerprint density at radius 1 is 1.00 bits per heavy atom. The zero-order valence-corrected chi connectivity index (χ0v) is 17.2. The highest BCUT2D eigenvalue weighted by Crippen LogP contribution is 2.23. The van der Waals surface area contributed by atoms with Crippen LogP contribution in [-0.2, 0) is 11.3 Å². The molecule has 6 heteroatoms. The number of ether oxygens (including phenoxy) is 4. The van der Waals surface area contributed by atoms with E-state index in [0.29, 0.717) is 26.2 Å². The van der Waals surface area contributed by atoms with Crippen LogP contribution in [0.1, 0.15) is 11.1 Å². The van der Waals surface area contributed by atoms with Crippen molar-refractivity contribution in [3.05, 3.63) is 53.6 Å². The van der Waals surface area contributed by atoms with Crippen LogP contribution in [0.15, 0.2) is 42.5 Å². The topological polar surface area (TPSA) is 60.4 Å². The fraction of sp³-hybridized carbons (Fsp3) is 0.455. The minimum Gasteiger partial charge on any atom is -0.497 e. The van der Waals surface area contributed by atoms with Crippen LogP contribution < -0.4 is 14.2 Å².